The van der Waals surface area contributed by atoms with Crippen LogP contribution in [0.15, 0.2) is 53.5 Å². The van der Waals surface area contributed by atoms with Gasteiger partial charge in [0.05, 0.1) is 7.11 Å². The number of hydrogen-bond acceptors (Lipinski definition) is 3. The zero-order chi connectivity index (χ0) is 18.1. The first-order chi connectivity index (χ1) is 12.2. The van der Waals surface area contributed by atoms with Crippen molar-refractivity contribution >= 4 is 35.8 Å². The van der Waals surface area contributed by atoms with E-state index in [9.17, 15) is 4.79 Å². The normalized spacial score (nSPS) is 10.5. The molecule has 0 fully saturated rings. The van der Waals surface area contributed by atoms with Crippen molar-refractivity contribution in [3.8, 4) is 5.75 Å². The van der Waals surface area contributed by atoms with E-state index in [-0.39, 0.29) is 29.9 Å². The maximum absolute atomic E-state index is 11.5. The Labute approximate surface area is 171 Å². The molecule has 3 N–H and O–H groups in total. The van der Waals surface area contributed by atoms with Gasteiger partial charge in [0.1, 0.15) is 5.75 Å². The number of methoxy groups -OCH3 is 1. The standard InChI is InChI=1S/C19H24N4O2.HI/c1-20-18(24)16-9-7-14(8-10-16)12-22-19(21-2)23-13-15-5-4-6-17(11-15)25-3;/h4-11H,12-13H2,1-3H3,(H,20,24)(H2,21,22,23);1H. The maximum atomic E-state index is 11.5. The molecule has 0 aliphatic rings. The van der Waals surface area contributed by atoms with E-state index >= 15 is 0 Å². The van der Waals surface area contributed by atoms with E-state index in [1.165, 1.54) is 0 Å². The molecule has 26 heavy (non-hydrogen) atoms. The van der Waals surface area contributed by atoms with Gasteiger partial charge in [-0.15, -0.1) is 24.0 Å². The van der Waals surface area contributed by atoms with Crippen LogP contribution in [0.2, 0.25) is 0 Å². The van der Waals surface area contributed by atoms with Crippen LogP contribution in [0.25, 0.3) is 0 Å². The molecule has 0 aliphatic heterocycles. The molecular formula is C19H25IN4O2. The molecule has 0 radical (unpaired) electrons. The van der Waals surface area contributed by atoms with Gasteiger partial charge in [0.25, 0.3) is 5.91 Å². The molecule has 0 saturated carbocycles. The quantitative estimate of drug-likeness (QED) is 0.346. The van der Waals surface area contributed by atoms with Crippen molar-refractivity contribution < 1.29 is 9.53 Å². The Morgan fingerprint density at radius 2 is 1.69 bits per heavy atom. The number of hydrogen-bond donors (Lipinski definition) is 3. The Morgan fingerprint density at radius 3 is 2.27 bits per heavy atom. The molecule has 2 aromatic carbocycles. The van der Waals surface area contributed by atoms with Crippen LogP contribution in [0.3, 0.4) is 0 Å². The lowest BCUT2D eigenvalue weighted by molar-refractivity contribution is 0.0963. The Kier molecular flexibility index (Phi) is 9.50. The summed E-state index contributed by atoms with van der Waals surface area (Å²) < 4.78 is 5.23. The molecule has 0 heterocycles. The Hall–Kier alpha value is -2.29. The zero-order valence-corrected chi connectivity index (χ0v) is 17.5. The fraction of sp³-hybridized carbons (Fsp3) is 0.263. The lowest BCUT2D eigenvalue weighted by atomic mass is 10.1. The number of nitrogens with zero attached hydrogens (tertiary/aromatic N) is 1. The molecule has 0 spiro atoms. The third kappa shape index (κ3) is 6.55. The summed E-state index contributed by atoms with van der Waals surface area (Å²) in [7, 11) is 5.01. The number of aliphatic imine (C=N–C) groups is 1. The van der Waals surface area contributed by atoms with E-state index in [0.29, 0.717) is 24.6 Å². The molecule has 0 atom stereocenters. The highest BCUT2D eigenvalue weighted by Crippen LogP contribution is 2.12. The number of halogens is 1. The van der Waals surface area contributed by atoms with Crippen LogP contribution in [-0.4, -0.2) is 33.1 Å². The number of ether oxygens (including phenoxy) is 1. The Bertz CT molecular complexity index is 733. The van der Waals surface area contributed by atoms with E-state index in [1.807, 2.05) is 48.5 Å². The molecule has 0 saturated heterocycles. The summed E-state index contributed by atoms with van der Waals surface area (Å²) in [6.07, 6.45) is 0. The lowest BCUT2D eigenvalue weighted by Crippen LogP contribution is -2.36. The minimum Gasteiger partial charge on any atom is -0.497 e. The summed E-state index contributed by atoms with van der Waals surface area (Å²) in [5, 5.41) is 9.13. The second kappa shape index (κ2) is 11.3. The number of carbonyl (C=O) groups is 1. The first kappa shape index (κ1) is 21.8. The van der Waals surface area contributed by atoms with E-state index in [0.717, 1.165) is 16.9 Å². The fourth-order valence-corrected chi connectivity index (χ4v) is 2.29. The van der Waals surface area contributed by atoms with E-state index in [1.54, 1.807) is 21.2 Å². The molecule has 2 aromatic rings. The van der Waals surface area contributed by atoms with Crippen molar-refractivity contribution in [1.82, 2.24) is 16.0 Å². The highest BCUT2D eigenvalue weighted by atomic mass is 127. The van der Waals surface area contributed by atoms with Crippen LogP contribution >= 0.6 is 24.0 Å². The summed E-state index contributed by atoms with van der Waals surface area (Å²) in [6.45, 7) is 1.26. The molecule has 0 aliphatic carbocycles. The number of amides is 1. The molecule has 6 nitrogen and oxygen atoms in total. The third-order valence-corrected chi connectivity index (χ3v) is 3.72. The topological polar surface area (TPSA) is 74.8 Å². The monoisotopic (exact) mass is 468 g/mol. The van der Waals surface area contributed by atoms with Gasteiger partial charge in [-0.05, 0) is 35.4 Å². The Balaban J connectivity index is 0.00000338. The number of nitrogens with one attached hydrogen (secondary N) is 3. The minimum atomic E-state index is -0.0877. The lowest BCUT2D eigenvalue weighted by Gasteiger charge is -2.12. The highest BCUT2D eigenvalue weighted by molar-refractivity contribution is 14.0. The summed E-state index contributed by atoms with van der Waals surface area (Å²) in [5.41, 5.74) is 2.82. The van der Waals surface area contributed by atoms with Gasteiger partial charge in [0, 0.05) is 32.7 Å². The van der Waals surface area contributed by atoms with Gasteiger partial charge in [-0.25, -0.2) is 0 Å². The van der Waals surface area contributed by atoms with Gasteiger partial charge >= 0.3 is 0 Å². The van der Waals surface area contributed by atoms with Gasteiger partial charge in [-0.3, -0.25) is 9.79 Å². The van der Waals surface area contributed by atoms with E-state index in [2.05, 4.69) is 20.9 Å². The summed E-state index contributed by atoms with van der Waals surface area (Å²) in [4.78, 5) is 15.8. The molecule has 0 aromatic heterocycles. The largest absolute Gasteiger partial charge is 0.497 e. The average molecular weight is 468 g/mol. The van der Waals surface area contributed by atoms with Gasteiger partial charge in [-0.1, -0.05) is 24.3 Å². The number of benzene rings is 2. The summed E-state index contributed by atoms with van der Waals surface area (Å²) >= 11 is 0. The summed E-state index contributed by atoms with van der Waals surface area (Å²) in [6, 6.07) is 15.3. The molecule has 140 valence electrons. The fourth-order valence-electron chi connectivity index (χ4n) is 2.29. The van der Waals surface area contributed by atoms with Gasteiger partial charge in [0.2, 0.25) is 0 Å². The van der Waals surface area contributed by atoms with Gasteiger partial charge in [-0.2, -0.15) is 0 Å². The smallest absolute Gasteiger partial charge is 0.251 e. The van der Waals surface area contributed by atoms with E-state index in [4.69, 9.17) is 4.74 Å². The van der Waals surface area contributed by atoms with Crippen molar-refractivity contribution in [1.29, 1.82) is 0 Å². The number of guanidine groups is 1. The van der Waals surface area contributed by atoms with Crippen LogP contribution in [-0.2, 0) is 13.1 Å². The predicted octanol–water partition coefficient (Wildman–Crippen LogP) is 2.54. The first-order valence-electron chi connectivity index (χ1n) is 8.04. The number of rotatable bonds is 6. The van der Waals surface area contributed by atoms with Gasteiger partial charge in [0.15, 0.2) is 5.96 Å². The molecule has 1 amide bonds. The third-order valence-electron chi connectivity index (χ3n) is 3.72. The van der Waals surface area contributed by atoms with Crippen LogP contribution < -0.4 is 20.7 Å². The van der Waals surface area contributed by atoms with Crippen molar-refractivity contribution in [2.75, 3.05) is 21.2 Å². The Morgan fingerprint density at radius 1 is 1.04 bits per heavy atom. The zero-order valence-electron chi connectivity index (χ0n) is 15.2. The minimum absolute atomic E-state index is 0. The maximum Gasteiger partial charge on any atom is 0.251 e. The van der Waals surface area contributed by atoms with Gasteiger partial charge < -0.3 is 20.7 Å². The van der Waals surface area contributed by atoms with Crippen LogP contribution in [0.4, 0.5) is 0 Å². The van der Waals surface area contributed by atoms with Crippen LogP contribution in [0.1, 0.15) is 21.5 Å². The van der Waals surface area contributed by atoms with Crippen molar-refractivity contribution in [3.05, 3.63) is 65.2 Å². The van der Waals surface area contributed by atoms with Crippen LogP contribution in [0, 0.1) is 0 Å². The highest BCUT2D eigenvalue weighted by Gasteiger charge is 2.03. The van der Waals surface area contributed by atoms with Crippen molar-refractivity contribution in [2.24, 2.45) is 4.99 Å². The molecule has 2 rings (SSSR count). The second-order valence-corrected chi connectivity index (χ2v) is 5.41. The number of carbonyl (C=O) groups excluding carboxylic acids is 1. The molecule has 0 bridgehead atoms. The van der Waals surface area contributed by atoms with Crippen LogP contribution in [0.5, 0.6) is 5.75 Å². The summed E-state index contributed by atoms with van der Waals surface area (Å²) in [5.74, 6) is 1.45. The SMILES string of the molecule is CN=C(NCc1ccc(C(=O)NC)cc1)NCc1cccc(OC)c1.I. The first-order valence-corrected chi connectivity index (χ1v) is 8.04. The molecule has 0 unspecified atom stereocenters. The van der Waals surface area contributed by atoms with Crippen molar-refractivity contribution in [2.45, 2.75) is 13.1 Å². The molecule has 7 heteroatoms. The average Bonchev–Trinajstić information content (AvgIpc) is 2.68. The van der Waals surface area contributed by atoms with E-state index < -0.39 is 0 Å². The predicted molar refractivity (Wildman–Crippen MR) is 115 cm³/mol. The molecular weight excluding hydrogens is 443 g/mol. The second-order valence-electron chi connectivity index (χ2n) is 5.41. The van der Waals surface area contributed by atoms with Crippen molar-refractivity contribution in [3.63, 3.8) is 0 Å².